The lowest BCUT2D eigenvalue weighted by Crippen LogP contribution is -2.44. The van der Waals surface area contributed by atoms with Gasteiger partial charge in [0.25, 0.3) is 0 Å². The van der Waals surface area contributed by atoms with Crippen LogP contribution in [0.25, 0.3) is 0 Å². The van der Waals surface area contributed by atoms with E-state index < -0.39 is 0 Å². The quantitative estimate of drug-likeness (QED) is 0.625. The second kappa shape index (κ2) is 7.99. The smallest absolute Gasteiger partial charge is 0.232 e. The number of para-hydroxylation sites is 1. The maximum absolute atomic E-state index is 13.6. The number of Topliss-reactive ketones (excluding diaryl/α,β-unsaturated/α-hetero) is 1. The molecule has 1 aliphatic heterocycles. The zero-order valence-corrected chi connectivity index (χ0v) is 19.1. The molecule has 4 heteroatoms. The fourth-order valence-corrected chi connectivity index (χ4v) is 5.08. The lowest BCUT2D eigenvalue weighted by Gasteiger charge is -2.43. The minimum atomic E-state index is -0.206. The molecular formula is C27H31NO3. The largest absolute Gasteiger partial charge is 0.494 e. The van der Waals surface area contributed by atoms with Crippen LogP contribution in [0.15, 0.2) is 53.7 Å². The molecule has 0 radical (unpaired) electrons. The molecule has 2 aromatic rings. The average molecular weight is 418 g/mol. The van der Waals surface area contributed by atoms with Gasteiger partial charge < -0.3 is 4.74 Å². The molecule has 2 aromatic carbocycles. The Labute approximate surface area is 184 Å². The Bertz CT molecular complexity index is 1040. The van der Waals surface area contributed by atoms with Crippen molar-refractivity contribution in [1.29, 1.82) is 0 Å². The second-order valence-corrected chi connectivity index (χ2v) is 9.53. The Morgan fingerprint density at radius 2 is 1.65 bits per heavy atom. The van der Waals surface area contributed by atoms with Gasteiger partial charge >= 0.3 is 0 Å². The minimum absolute atomic E-state index is 0.0561. The first kappa shape index (κ1) is 21.4. The van der Waals surface area contributed by atoms with E-state index in [2.05, 4.69) is 13.8 Å². The lowest BCUT2D eigenvalue weighted by molar-refractivity contribution is -0.121. The highest BCUT2D eigenvalue weighted by molar-refractivity contribution is 6.08. The Kier molecular flexibility index (Phi) is 5.50. The fraction of sp³-hybridized carbons (Fsp3) is 0.407. The van der Waals surface area contributed by atoms with Crippen LogP contribution in [0.4, 0.5) is 5.69 Å². The molecule has 31 heavy (non-hydrogen) atoms. The van der Waals surface area contributed by atoms with E-state index in [0.29, 0.717) is 25.9 Å². The average Bonchev–Trinajstić information content (AvgIpc) is 2.69. The molecule has 0 fully saturated rings. The molecule has 1 aliphatic carbocycles. The molecule has 0 bridgehead atoms. The molecule has 0 aromatic heterocycles. The van der Waals surface area contributed by atoms with Crippen molar-refractivity contribution in [2.45, 2.75) is 59.8 Å². The predicted octanol–water partition coefficient (Wildman–Crippen LogP) is 5.87. The van der Waals surface area contributed by atoms with Gasteiger partial charge in [-0.05, 0) is 61.4 Å². The van der Waals surface area contributed by atoms with E-state index in [1.807, 2.05) is 68.1 Å². The van der Waals surface area contributed by atoms with Gasteiger partial charge in [0.05, 0.1) is 12.3 Å². The number of ether oxygens (including phenoxy) is 1. The van der Waals surface area contributed by atoms with Crippen LogP contribution in [0.1, 0.15) is 62.6 Å². The summed E-state index contributed by atoms with van der Waals surface area (Å²) in [6.07, 6.45) is 1.52. The van der Waals surface area contributed by atoms with E-state index in [1.165, 1.54) is 0 Å². The molecule has 1 unspecified atom stereocenters. The van der Waals surface area contributed by atoms with Gasteiger partial charge in [-0.3, -0.25) is 14.5 Å². The Morgan fingerprint density at radius 1 is 1.00 bits per heavy atom. The molecule has 1 atom stereocenters. The SMILES string of the molecule is CCOc1ccc(C2CC(=O)N(c3c(C)cccc3C)C3=C2C(=O)CC(C)(C)C3)cc1. The summed E-state index contributed by atoms with van der Waals surface area (Å²) >= 11 is 0. The Morgan fingerprint density at radius 3 is 2.26 bits per heavy atom. The van der Waals surface area contributed by atoms with Crippen LogP contribution in [-0.4, -0.2) is 18.3 Å². The summed E-state index contributed by atoms with van der Waals surface area (Å²) in [5, 5.41) is 0. The molecule has 4 rings (SSSR count). The monoisotopic (exact) mass is 417 g/mol. The number of carbonyl (C=O) groups is 2. The van der Waals surface area contributed by atoms with Crippen molar-refractivity contribution in [1.82, 2.24) is 0 Å². The number of carbonyl (C=O) groups excluding carboxylic acids is 2. The van der Waals surface area contributed by atoms with Crippen molar-refractivity contribution < 1.29 is 14.3 Å². The number of hydrogen-bond donors (Lipinski definition) is 0. The number of amides is 1. The molecule has 1 amide bonds. The number of anilines is 1. The normalized spacial score (nSPS) is 20.7. The van der Waals surface area contributed by atoms with E-state index in [9.17, 15) is 9.59 Å². The molecule has 162 valence electrons. The zero-order chi connectivity index (χ0) is 22.3. The second-order valence-electron chi connectivity index (χ2n) is 9.53. The highest BCUT2D eigenvalue weighted by atomic mass is 16.5. The highest BCUT2D eigenvalue weighted by Gasteiger charge is 2.44. The van der Waals surface area contributed by atoms with Gasteiger partial charge in [0, 0.05) is 30.0 Å². The number of hydrogen-bond acceptors (Lipinski definition) is 3. The summed E-state index contributed by atoms with van der Waals surface area (Å²) in [6, 6.07) is 13.9. The van der Waals surface area contributed by atoms with Gasteiger partial charge in [-0.25, -0.2) is 0 Å². The van der Waals surface area contributed by atoms with Crippen LogP contribution in [0.3, 0.4) is 0 Å². The topological polar surface area (TPSA) is 46.6 Å². The summed E-state index contributed by atoms with van der Waals surface area (Å²) in [7, 11) is 0. The predicted molar refractivity (Wildman–Crippen MR) is 123 cm³/mol. The van der Waals surface area contributed by atoms with Gasteiger partial charge in [-0.1, -0.05) is 44.2 Å². The van der Waals surface area contributed by atoms with Crippen LogP contribution in [0.2, 0.25) is 0 Å². The van der Waals surface area contributed by atoms with E-state index >= 15 is 0 Å². The van der Waals surface area contributed by atoms with Gasteiger partial charge in [-0.2, -0.15) is 0 Å². The molecule has 0 N–H and O–H groups in total. The van der Waals surface area contributed by atoms with Crippen molar-refractivity contribution in [2.24, 2.45) is 5.41 Å². The Balaban J connectivity index is 1.87. The van der Waals surface area contributed by atoms with E-state index in [1.54, 1.807) is 0 Å². The first-order chi connectivity index (χ1) is 14.7. The molecule has 4 nitrogen and oxygen atoms in total. The maximum atomic E-state index is 13.6. The number of nitrogens with zero attached hydrogens (tertiary/aromatic N) is 1. The molecule has 1 heterocycles. The zero-order valence-electron chi connectivity index (χ0n) is 19.1. The van der Waals surface area contributed by atoms with Gasteiger partial charge in [0.15, 0.2) is 5.78 Å². The number of benzene rings is 2. The first-order valence-electron chi connectivity index (χ1n) is 11.1. The maximum Gasteiger partial charge on any atom is 0.232 e. The molecule has 0 spiro atoms. The van der Waals surface area contributed by atoms with Crippen molar-refractivity contribution in [3.05, 3.63) is 70.4 Å². The van der Waals surface area contributed by atoms with Crippen LogP contribution in [-0.2, 0) is 9.59 Å². The number of rotatable bonds is 4. The number of ketones is 1. The van der Waals surface area contributed by atoms with Gasteiger partial charge in [0.2, 0.25) is 5.91 Å². The van der Waals surface area contributed by atoms with E-state index in [-0.39, 0.29) is 23.0 Å². The van der Waals surface area contributed by atoms with Crippen LogP contribution < -0.4 is 9.64 Å². The third-order valence-electron chi connectivity index (χ3n) is 6.40. The lowest BCUT2D eigenvalue weighted by atomic mass is 9.69. The summed E-state index contributed by atoms with van der Waals surface area (Å²) < 4.78 is 5.57. The van der Waals surface area contributed by atoms with Crippen molar-refractivity contribution >= 4 is 17.4 Å². The Hall–Kier alpha value is -2.88. The molecule has 0 saturated heterocycles. The van der Waals surface area contributed by atoms with Crippen LogP contribution >= 0.6 is 0 Å². The molecule has 0 saturated carbocycles. The van der Waals surface area contributed by atoms with Crippen molar-refractivity contribution in [3.63, 3.8) is 0 Å². The molecular weight excluding hydrogens is 386 g/mol. The highest BCUT2D eigenvalue weighted by Crippen LogP contribution is 2.49. The van der Waals surface area contributed by atoms with E-state index in [4.69, 9.17) is 4.74 Å². The molecule has 2 aliphatic rings. The van der Waals surface area contributed by atoms with E-state index in [0.717, 1.165) is 39.4 Å². The van der Waals surface area contributed by atoms with Crippen LogP contribution in [0.5, 0.6) is 5.75 Å². The third kappa shape index (κ3) is 3.91. The number of aryl methyl sites for hydroxylation is 2. The third-order valence-corrected chi connectivity index (χ3v) is 6.40. The van der Waals surface area contributed by atoms with Crippen molar-refractivity contribution in [3.8, 4) is 5.75 Å². The fourth-order valence-electron chi connectivity index (χ4n) is 5.08. The summed E-state index contributed by atoms with van der Waals surface area (Å²) in [6.45, 7) is 10.9. The standard InChI is InChI=1S/C27H31NO3/c1-6-31-20-12-10-19(11-13-20)21-14-24(30)28(26-17(2)8-7-9-18(26)3)22-15-27(4,5)16-23(29)25(21)22/h7-13,21H,6,14-16H2,1-5H3. The van der Waals surface area contributed by atoms with Crippen LogP contribution in [0, 0.1) is 19.3 Å². The number of allylic oxidation sites excluding steroid dienone is 2. The summed E-state index contributed by atoms with van der Waals surface area (Å²) in [5.74, 6) is 0.813. The van der Waals surface area contributed by atoms with Crippen molar-refractivity contribution in [2.75, 3.05) is 11.5 Å². The summed E-state index contributed by atoms with van der Waals surface area (Å²) in [4.78, 5) is 28.9. The minimum Gasteiger partial charge on any atom is -0.494 e. The first-order valence-corrected chi connectivity index (χ1v) is 11.1. The van der Waals surface area contributed by atoms with Gasteiger partial charge in [0.1, 0.15) is 5.75 Å². The summed E-state index contributed by atoms with van der Waals surface area (Å²) in [5.41, 5.74) is 5.55. The van der Waals surface area contributed by atoms with Gasteiger partial charge in [-0.15, -0.1) is 0 Å².